The van der Waals surface area contributed by atoms with Crippen LogP contribution < -0.4 is 0 Å². The molecule has 0 spiro atoms. The third-order valence-corrected chi connectivity index (χ3v) is 3.96. The molecule has 0 aromatic carbocycles. The number of unbranched alkanes of at least 4 members (excludes halogenated alkanes) is 1. The van der Waals surface area contributed by atoms with Gasteiger partial charge >= 0.3 is 11.8 Å². The summed E-state index contributed by atoms with van der Waals surface area (Å²) < 4.78 is 5.10. The summed E-state index contributed by atoms with van der Waals surface area (Å²) in [4.78, 5) is 41.1. The van der Waals surface area contributed by atoms with Crippen molar-refractivity contribution in [3.8, 4) is 0 Å². The highest BCUT2D eigenvalue weighted by molar-refractivity contribution is 6.34. The van der Waals surface area contributed by atoms with Gasteiger partial charge in [0.1, 0.15) is 0 Å². The molecule has 0 atom stereocenters. The third kappa shape index (κ3) is 4.12. The zero-order chi connectivity index (χ0) is 16.8. The lowest BCUT2D eigenvalue weighted by Crippen LogP contribution is -2.54. The molecule has 2 rings (SSSR count). The van der Waals surface area contributed by atoms with E-state index in [1.165, 1.54) is 16.1 Å². The van der Waals surface area contributed by atoms with Crippen LogP contribution in [0.3, 0.4) is 0 Å². The van der Waals surface area contributed by atoms with E-state index in [1.54, 1.807) is 24.1 Å². The molecule has 126 valence electrons. The van der Waals surface area contributed by atoms with Gasteiger partial charge in [0, 0.05) is 39.8 Å². The Morgan fingerprint density at radius 2 is 1.83 bits per heavy atom. The van der Waals surface area contributed by atoms with Gasteiger partial charge in [-0.05, 0) is 18.6 Å². The van der Waals surface area contributed by atoms with Crippen LogP contribution in [0.4, 0.5) is 0 Å². The van der Waals surface area contributed by atoms with Crippen molar-refractivity contribution >= 4 is 17.7 Å². The highest BCUT2D eigenvalue weighted by atomic mass is 16.3. The fraction of sp³-hybridized carbons (Fsp3) is 0.562. The predicted octanol–water partition coefficient (Wildman–Crippen LogP) is 0.823. The van der Waals surface area contributed by atoms with Crippen LogP contribution >= 0.6 is 0 Å². The van der Waals surface area contributed by atoms with E-state index in [0.717, 1.165) is 12.8 Å². The van der Waals surface area contributed by atoms with Crippen LogP contribution in [0.15, 0.2) is 22.8 Å². The molecule has 7 nitrogen and oxygen atoms in total. The Balaban J connectivity index is 1.85. The lowest BCUT2D eigenvalue weighted by molar-refractivity contribution is -0.151. The lowest BCUT2D eigenvalue weighted by atomic mass is 10.2. The number of furan rings is 1. The number of rotatable bonds is 4. The van der Waals surface area contributed by atoms with E-state index in [0.29, 0.717) is 38.5 Å². The van der Waals surface area contributed by atoms with E-state index in [2.05, 4.69) is 0 Å². The normalized spacial score (nSPS) is 14.7. The minimum atomic E-state index is -0.492. The summed E-state index contributed by atoms with van der Waals surface area (Å²) in [5.74, 6) is -0.869. The molecule has 1 aromatic heterocycles. The van der Waals surface area contributed by atoms with Gasteiger partial charge in [0.15, 0.2) is 5.76 Å². The molecule has 23 heavy (non-hydrogen) atoms. The Hall–Kier alpha value is -2.31. The Bertz CT molecular complexity index is 548. The summed E-state index contributed by atoms with van der Waals surface area (Å²) >= 11 is 0. The number of amides is 3. The molecule has 0 N–H and O–H groups in total. The molecule has 7 heteroatoms. The van der Waals surface area contributed by atoms with Gasteiger partial charge in [0.2, 0.25) is 0 Å². The van der Waals surface area contributed by atoms with E-state index in [-0.39, 0.29) is 5.91 Å². The number of hydrogen-bond donors (Lipinski definition) is 0. The van der Waals surface area contributed by atoms with Crippen LogP contribution in [-0.2, 0) is 9.59 Å². The molecule has 3 amide bonds. The van der Waals surface area contributed by atoms with Crippen molar-refractivity contribution in [1.82, 2.24) is 14.7 Å². The fourth-order valence-corrected chi connectivity index (χ4v) is 2.46. The zero-order valence-corrected chi connectivity index (χ0v) is 13.7. The largest absolute Gasteiger partial charge is 0.459 e. The van der Waals surface area contributed by atoms with Crippen molar-refractivity contribution in [2.45, 2.75) is 19.8 Å². The predicted molar refractivity (Wildman–Crippen MR) is 83.7 cm³/mol. The van der Waals surface area contributed by atoms with E-state index in [4.69, 9.17) is 4.42 Å². The minimum absolute atomic E-state index is 0.187. The highest BCUT2D eigenvalue weighted by Crippen LogP contribution is 2.10. The Morgan fingerprint density at radius 1 is 1.17 bits per heavy atom. The molecular formula is C16H23N3O4. The molecule has 0 aliphatic carbocycles. The molecule has 0 unspecified atom stereocenters. The van der Waals surface area contributed by atoms with Crippen molar-refractivity contribution in [2.75, 3.05) is 39.8 Å². The molecule has 0 saturated carbocycles. The number of likely N-dealkylation sites (N-methyl/N-ethyl adjacent to an activating group) is 1. The maximum atomic E-state index is 12.2. The summed E-state index contributed by atoms with van der Waals surface area (Å²) in [6.45, 7) is 4.14. The maximum absolute atomic E-state index is 12.2. The second-order valence-corrected chi connectivity index (χ2v) is 5.64. The Labute approximate surface area is 135 Å². The molecule has 1 fully saturated rings. The Morgan fingerprint density at radius 3 is 2.39 bits per heavy atom. The van der Waals surface area contributed by atoms with E-state index < -0.39 is 11.8 Å². The third-order valence-electron chi connectivity index (χ3n) is 3.96. The van der Waals surface area contributed by atoms with Gasteiger partial charge in [-0.25, -0.2) is 0 Å². The van der Waals surface area contributed by atoms with Crippen LogP contribution in [0, 0.1) is 0 Å². The smallest absolute Gasteiger partial charge is 0.312 e. The highest BCUT2D eigenvalue weighted by Gasteiger charge is 2.30. The SMILES string of the molecule is CCCCN(C)C(=O)C(=O)N1CCN(C(=O)c2ccco2)CC1. The molecule has 1 aliphatic rings. The van der Waals surface area contributed by atoms with Crippen LogP contribution in [0.25, 0.3) is 0 Å². The zero-order valence-electron chi connectivity index (χ0n) is 13.7. The second kappa shape index (κ2) is 7.80. The van der Waals surface area contributed by atoms with E-state index in [1.807, 2.05) is 6.92 Å². The van der Waals surface area contributed by atoms with Gasteiger partial charge in [0.05, 0.1) is 6.26 Å². The molecule has 0 bridgehead atoms. The summed E-state index contributed by atoms with van der Waals surface area (Å²) in [6, 6.07) is 3.28. The molecule has 2 heterocycles. The van der Waals surface area contributed by atoms with Gasteiger partial charge in [-0.2, -0.15) is 0 Å². The van der Waals surface area contributed by atoms with Crippen LogP contribution in [-0.4, -0.2) is 72.2 Å². The first-order valence-corrected chi connectivity index (χ1v) is 7.91. The van der Waals surface area contributed by atoms with Crippen LogP contribution in [0.2, 0.25) is 0 Å². The number of carbonyl (C=O) groups excluding carboxylic acids is 3. The van der Waals surface area contributed by atoms with Gasteiger partial charge in [-0.1, -0.05) is 13.3 Å². The van der Waals surface area contributed by atoms with Gasteiger partial charge in [-0.3, -0.25) is 14.4 Å². The van der Waals surface area contributed by atoms with Crippen molar-refractivity contribution in [2.24, 2.45) is 0 Å². The van der Waals surface area contributed by atoms with Crippen molar-refractivity contribution in [3.63, 3.8) is 0 Å². The van der Waals surface area contributed by atoms with Crippen LogP contribution in [0.5, 0.6) is 0 Å². The second-order valence-electron chi connectivity index (χ2n) is 5.64. The quantitative estimate of drug-likeness (QED) is 0.770. The van der Waals surface area contributed by atoms with Crippen molar-refractivity contribution in [1.29, 1.82) is 0 Å². The summed E-state index contributed by atoms with van der Waals surface area (Å²) in [6.07, 6.45) is 3.30. The number of nitrogens with zero attached hydrogens (tertiary/aromatic N) is 3. The number of piperazine rings is 1. The summed E-state index contributed by atoms with van der Waals surface area (Å²) in [7, 11) is 1.65. The number of carbonyl (C=O) groups is 3. The first-order chi connectivity index (χ1) is 11.0. The lowest BCUT2D eigenvalue weighted by Gasteiger charge is -2.34. The molecule has 1 aromatic rings. The average molecular weight is 321 g/mol. The van der Waals surface area contributed by atoms with E-state index in [9.17, 15) is 14.4 Å². The number of hydrogen-bond acceptors (Lipinski definition) is 4. The van der Waals surface area contributed by atoms with Crippen molar-refractivity contribution in [3.05, 3.63) is 24.2 Å². The van der Waals surface area contributed by atoms with Gasteiger partial charge in [0.25, 0.3) is 5.91 Å². The topological polar surface area (TPSA) is 74.1 Å². The van der Waals surface area contributed by atoms with Gasteiger partial charge < -0.3 is 19.1 Å². The van der Waals surface area contributed by atoms with Gasteiger partial charge in [-0.15, -0.1) is 0 Å². The summed E-state index contributed by atoms with van der Waals surface area (Å²) in [5.41, 5.74) is 0. The first-order valence-electron chi connectivity index (χ1n) is 7.91. The van der Waals surface area contributed by atoms with E-state index >= 15 is 0 Å². The maximum Gasteiger partial charge on any atom is 0.312 e. The standard InChI is InChI=1S/C16H23N3O4/c1-3-4-7-17(2)15(21)16(22)19-10-8-18(9-11-19)14(20)13-6-5-12-23-13/h5-6,12H,3-4,7-11H2,1-2H3. The first kappa shape index (κ1) is 17.1. The molecule has 0 radical (unpaired) electrons. The Kier molecular flexibility index (Phi) is 5.78. The minimum Gasteiger partial charge on any atom is -0.459 e. The van der Waals surface area contributed by atoms with Crippen molar-refractivity contribution < 1.29 is 18.8 Å². The monoisotopic (exact) mass is 321 g/mol. The molecule has 1 saturated heterocycles. The average Bonchev–Trinajstić information content (AvgIpc) is 3.12. The molecular weight excluding hydrogens is 298 g/mol. The molecule has 1 aliphatic heterocycles. The van der Waals surface area contributed by atoms with Crippen LogP contribution in [0.1, 0.15) is 30.3 Å². The fourth-order valence-electron chi connectivity index (χ4n) is 2.46. The summed E-state index contributed by atoms with van der Waals surface area (Å²) in [5, 5.41) is 0.